The van der Waals surface area contributed by atoms with Gasteiger partial charge in [-0.3, -0.25) is 9.59 Å². The molecule has 1 saturated heterocycles. The van der Waals surface area contributed by atoms with Crippen molar-refractivity contribution in [1.29, 1.82) is 0 Å². The first-order valence-corrected chi connectivity index (χ1v) is 8.09. The molecule has 26 heavy (non-hydrogen) atoms. The van der Waals surface area contributed by atoms with Crippen molar-refractivity contribution in [2.75, 3.05) is 43.1 Å². The van der Waals surface area contributed by atoms with Gasteiger partial charge in [0, 0.05) is 13.1 Å². The first kappa shape index (κ1) is 24.4. The molecule has 0 radical (unpaired) electrons. The van der Waals surface area contributed by atoms with Crippen LogP contribution in [0.25, 0.3) is 0 Å². The second-order valence-electron chi connectivity index (χ2n) is 6.04. The van der Waals surface area contributed by atoms with Gasteiger partial charge in [-0.05, 0) is 18.1 Å². The van der Waals surface area contributed by atoms with Crippen LogP contribution in [0.3, 0.4) is 0 Å². The lowest BCUT2D eigenvalue weighted by atomic mass is 10.1. The highest BCUT2D eigenvalue weighted by atomic mass is 35.5. The predicted molar refractivity (Wildman–Crippen MR) is 106 cm³/mol. The van der Waals surface area contributed by atoms with E-state index in [-0.39, 0.29) is 49.1 Å². The van der Waals surface area contributed by atoms with E-state index in [1.807, 2.05) is 19.9 Å². The number of carbonyl (C=O) groups is 2. The molecular weight excluding hydrogens is 381 g/mol. The lowest BCUT2D eigenvalue weighted by molar-refractivity contribution is -0.125. The summed E-state index contributed by atoms with van der Waals surface area (Å²) in [5.74, 6) is 0.221. The molecule has 8 nitrogen and oxygen atoms in total. The molecule has 10 heteroatoms. The Morgan fingerprint density at radius 2 is 1.92 bits per heavy atom. The molecule has 0 saturated carbocycles. The lowest BCUT2D eigenvalue weighted by Crippen LogP contribution is -2.46. The summed E-state index contributed by atoms with van der Waals surface area (Å²) in [6.45, 7) is 6.58. The smallest absolute Gasteiger partial charge is 0.243 e. The molecular formula is C16H27Cl2N5O3. The van der Waals surface area contributed by atoms with Crippen LogP contribution in [0.2, 0.25) is 0 Å². The first-order chi connectivity index (χ1) is 11.5. The number of nitrogens with zero attached hydrogens (tertiary/aromatic N) is 2. The zero-order valence-corrected chi connectivity index (χ0v) is 16.6. The number of morpholine rings is 1. The number of nitrogens with one attached hydrogen (secondary N) is 2. The molecule has 0 unspecified atom stereocenters. The van der Waals surface area contributed by atoms with Crippen LogP contribution < -0.4 is 21.3 Å². The fourth-order valence-corrected chi connectivity index (χ4v) is 2.23. The van der Waals surface area contributed by atoms with Crippen molar-refractivity contribution in [1.82, 2.24) is 10.3 Å². The number of amides is 2. The third-order valence-electron chi connectivity index (χ3n) is 3.81. The summed E-state index contributed by atoms with van der Waals surface area (Å²) in [6, 6.07) is 3.03. The molecule has 1 aromatic heterocycles. The van der Waals surface area contributed by atoms with Gasteiger partial charge in [0.2, 0.25) is 11.8 Å². The third-order valence-corrected chi connectivity index (χ3v) is 3.81. The highest BCUT2D eigenvalue weighted by Gasteiger charge is 2.17. The van der Waals surface area contributed by atoms with Gasteiger partial charge in [0.05, 0.1) is 37.7 Å². The molecule has 1 aromatic rings. The van der Waals surface area contributed by atoms with E-state index in [9.17, 15) is 9.59 Å². The highest BCUT2D eigenvalue weighted by molar-refractivity contribution is 5.95. The summed E-state index contributed by atoms with van der Waals surface area (Å²) in [5, 5.41) is 5.22. The number of carbonyl (C=O) groups excluding carboxylic acids is 2. The lowest BCUT2D eigenvalue weighted by Gasteiger charge is -2.27. The SMILES string of the molecule is CC(C)[C@H](N)C(=O)NCC(=O)Nc1ccc(N2CCOCC2)nc1.Cl.Cl. The van der Waals surface area contributed by atoms with E-state index in [0.717, 1.165) is 18.9 Å². The molecule has 2 rings (SSSR count). The van der Waals surface area contributed by atoms with Gasteiger partial charge in [0.25, 0.3) is 0 Å². The first-order valence-electron chi connectivity index (χ1n) is 8.09. The zero-order valence-electron chi connectivity index (χ0n) is 14.9. The van der Waals surface area contributed by atoms with Gasteiger partial charge in [0.15, 0.2) is 0 Å². The Morgan fingerprint density at radius 3 is 2.46 bits per heavy atom. The third kappa shape index (κ3) is 7.33. The second kappa shape index (κ2) is 11.9. The van der Waals surface area contributed by atoms with Crippen LogP contribution in [0.15, 0.2) is 18.3 Å². The number of ether oxygens (including phenoxy) is 1. The molecule has 148 valence electrons. The maximum absolute atomic E-state index is 11.9. The molecule has 0 aromatic carbocycles. The second-order valence-corrected chi connectivity index (χ2v) is 6.04. The van der Waals surface area contributed by atoms with Gasteiger partial charge in [0.1, 0.15) is 5.82 Å². The van der Waals surface area contributed by atoms with Crippen LogP contribution in [-0.4, -0.2) is 55.7 Å². The van der Waals surface area contributed by atoms with E-state index in [2.05, 4.69) is 20.5 Å². The van der Waals surface area contributed by atoms with Gasteiger partial charge in [-0.1, -0.05) is 13.8 Å². The Morgan fingerprint density at radius 1 is 1.27 bits per heavy atom. The van der Waals surface area contributed by atoms with Gasteiger partial charge in [-0.25, -0.2) is 4.98 Å². The number of pyridine rings is 1. The van der Waals surface area contributed by atoms with E-state index in [4.69, 9.17) is 10.5 Å². The summed E-state index contributed by atoms with van der Waals surface area (Å²) in [6.07, 6.45) is 1.60. The molecule has 4 N–H and O–H groups in total. The maximum Gasteiger partial charge on any atom is 0.243 e. The fraction of sp³-hybridized carbons (Fsp3) is 0.562. The van der Waals surface area contributed by atoms with Crippen molar-refractivity contribution in [2.45, 2.75) is 19.9 Å². The maximum atomic E-state index is 11.9. The predicted octanol–water partition coefficient (Wildman–Crippen LogP) is 0.800. The molecule has 1 fully saturated rings. The Labute approximate surface area is 166 Å². The number of halogens is 2. The monoisotopic (exact) mass is 407 g/mol. The molecule has 0 bridgehead atoms. The van der Waals surface area contributed by atoms with Gasteiger partial charge in [-0.15, -0.1) is 24.8 Å². The summed E-state index contributed by atoms with van der Waals surface area (Å²) in [5.41, 5.74) is 6.30. The van der Waals surface area contributed by atoms with Crippen molar-refractivity contribution in [3.8, 4) is 0 Å². The van der Waals surface area contributed by atoms with Crippen LogP contribution in [-0.2, 0) is 14.3 Å². The van der Waals surface area contributed by atoms with Gasteiger partial charge < -0.3 is 26.0 Å². The van der Waals surface area contributed by atoms with Crippen LogP contribution in [0.4, 0.5) is 11.5 Å². The molecule has 1 atom stereocenters. The Kier molecular flexibility index (Phi) is 11.2. The minimum absolute atomic E-state index is 0. The van der Waals surface area contributed by atoms with Crippen molar-refractivity contribution >= 4 is 48.1 Å². The van der Waals surface area contributed by atoms with Crippen LogP contribution in [0.1, 0.15) is 13.8 Å². The number of rotatable bonds is 6. The van der Waals surface area contributed by atoms with E-state index < -0.39 is 6.04 Å². The molecule has 1 aliphatic heterocycles. The minimum Gasteiger partial charge on any atom is -0.378 e. The summed E-state index contributed by atoms with van der Waals surface area (Å²) in [7, 11) is 0. The highest BCUT2D eigenvalue weighted by Crippen LogP contribution is 2.15. The molecule has 0 aliphatic carbocycles. The molecule has 2 heterocycles. The van der Waals surface area contributed by atoms with E-state index >= 15 is 0 Å². The van der Waals surface area contributed by atoms with Crippen molar-refractivity contribution in [2.24, 2.45) is 11.7 Å². The average Bonchev–Trinajstić information content (AvgIpc) is 2.60. The zero-order chi connectivity index (χ0) is 17.5. The number of hydrogen-bond acceptors (Lipinski definition) is 6. The van der Waals surface area contributed by atoms with E-state index in [1.54, 1.807) is 12.3 Å². The molecule has 2 amide bonds. The van der Waals surface area contributed by atoms with Crippen molar-refractivity contribution in [3.63, 3.8) is 0 Å². The minimum atomic E-state index is -0.618. The Hall–Kier alpha value is -1.61. The molecule has 1 aliphatic rings. The average molecular weight is 408 g/mol. The van der Waals surface area contributed by atoms with Crippen molar-refractivity contribution < 1.29 is 14.3 Å². The summed E-state index contributed by atoms with van der Waals surface area (Å²) in [4.78, 5) is 30.1. The largest absolute Gasteiger partial charge is 0.378 e. The Balaban J connectivity index is 0.00000312. The standard InChI is InChI=1S/C16H25N5O3.2ClH/c1-11(2)15(17)16(23)19-10-14(22)20-12-3-4-13(18-9-12)21-5-7-24-8-6-21;;/h3-4,9,11,15H,5-8,10,17H2,1-2H3,(H,19,23)(H,20,22);2*1H/t15-;;/m0../s1. The fourth-order valence-electron chi connectivity index (χ4n) is 2.23. The van der Waals surface area contributed by atoms with Crippen LogP contribution in [0, 0.1) is 5.92 Å². The number of nitrogens with two attached hydrogens (primary N) is 1. The number of anilines is 2. The van der Waals surface area contributed by atoms with Crippen LogP contribution >= 0.6 is 24.8 Å². The topological polar surface area (TPSA) is 110 Å². The quantitative estimate of drug-likeness (QED) is 0.643. The van der Waals surface area contributed by atoms with Gasteiger partial charge in [-0.2, -0.15) is 0 Å². The summed E-state index contributed by atoms with van der Waals surface area (Å²) >= 11 is 0. The number of hydrogen-bond donors (Lipinski definition) is 3. The van der Waals surface area contributed by atoms with Gasteiger partial charge >= 0.3 is 0 Å². The van der Waals surface area contributed by atoms with Crippen LogP contribution in [0.5, 0.6) is 0 Å². The number of aromatic nitrogens is 1. The Bertz CT molecular complexity index is 566. The van der Waals surface area contributed by atoms with E-state index in [0.29, 0.717) is 18.9 Å². The van der Waals surface area contributed by atoms with Crippen molar-refractivity contribution in [3.05, 3.63) is 18.3 Å². The van der Waals surface area contributed by atoms with E-state index in [1.165, 1.54) is 0 Å². The molecule has 0 spiro atoms. The normalized spacial score (nSPS) is 14.7. The summed E-state index contributed by atoms with van der Waals surface area (Å²) < 4.78 is 5.31.